The first kappa shape index (κ1) is 17.1. The third-order valence-corrected chi connectivity index (χ3v) is 6.16. The lowest BCUT2D eigenvalue weighted by Crippen LogP contribution is -2.27. The molecule has 2 fully saturated rings. The number of allylic oxidation sites excluding steroid dienone is 3. The Balaban J connectivity index is 1.90. The highest BCUT2D eigenvalue weighted by molar-refractivity contribution is 6.33. The van der Waals surface area contributed by atoms with Crippen LogP contribution in [0.5, 0.6) is 0 Å². The van der Waals surface area contributed by atoms with E-state index in [1.807, 2.05) is 0 Å². The molecule has 2 aliphatic heterocycles. The van der Waals surface area contributed by atoms with Gasteiger partial charge in [-0.3, -0.25) is 0 Å². The second-order valence-corrected chi connectivity index (χ2v) is 8.96. The molecule has 0 saturated carbocycles. The van der Waals surface area contributed by atoms with Gasteiger partial charge < -0.3 is 4.90 Å². The highest BCUT2D eigenvalue weighted by Gasteiger charge is 2.33. The molecule has 0 radical (unpaired) electrons. The van der Waals surface area contributed by atoms with E-state index in [0.29, 0.717) is 11.3 Å². The van der Waals surface area contributed by atoms with Crippen molar-refractivity contribution in [3.63, 3.8) is 0 Å². The van der Waals surface area contributed by atoms with E-state index in [1.165, 1.54) is 63.0 Å². The molecule has 1 atom stereocenters. The predicted molar refractivity (Wildman–Crippen MR) is 99.2 cm³/mol. The van der Waals surface area contributed by atoms with Gasteiger partial charge in [-0.1, -0.05) is 32.4 Å². The van der Waals surface area contributed by atoms with E-state index in [4.69, 9.17) is 11.6 Å². The molecular formula is C20H32ClN2+. The summed E-state index contributed by atoms with van der Waals surface area (Å²) >= 11 is 6.85. The normalized spacial score (nSPS) is 28.2. The molecule has 1 unspecified atom stereocenters. The Labute approximate surface area is 146 Å². The minimum absolute atomic E-state index is 0.325. The van der Waals surface area contributed by atoms with Crippen molar-refractivity contribution in [2.24, 2.45) is 11.3 Å². The van der Waals surface area contributed by atoms with Crippen molar-refractivity contribution in [2.45, 2.75) is 59.3 Å². The lowest BCUT2D eigenvalue weighted by molar-refractivity contribution is -0.501. The van der Waals surface area contributed by atoms with E-state index in [1.54, 1.807) is 0 Å². The maximum Gasteiger partial charge on any atom is 0.168 e. The summed E-state index contributed by atoms with van der Waals surface area (Å²) in [5.41, 5.74) is 3.06. The molecule has 3 rings (SSSR count). The number of hydrogen-bond donors (Lipinski definition) is 0. The summed E-state index contributed by atoms with van der Waals surface area (Å²) in [7, 11) is 0. The van der Waals surface area contributed by atoms with Crippen LogP contribution in [0.1, 0.15) is 59.3 Å². The van der Waals surface area contributed by atoms with E-state index in [9.17, 15) is 0 Å². The molecule has 2 heterocycles. The lowest BCUT2D eigenvalue weighted by Gasteiger charge is -2.35. The molecule has 2 saturated heterocycles. The van der Waals surface area contributed by atoms with Crippen LogP contribution >= 0.6 is 11.6 Å². The summed E-state index contributed by atoms with van der Waals surface area (Å²) in [4.78, 5) is 2.47. The molecule has 0 aromatic carbocycles. The zero-order valence-electron chi connectivity index (χ0n) is 15.1. The zero-order valence-corrected chi connectivity index (χ0v) is 15.8. The molecule has 0 aromatic heterocycles. The van der Waals surface area contributed by atoms with Gasteiger partial charge >= 0.3 is 0 Å². The Morgan fingerprint density at radius 1 is 1.04 bits per heavy atom. The van der Waals surface area contributed by atoms with Gasteiger partial charge in [0.1, 0.15) is 13.1 Å². The van der Waals surface area contributed by atoms with Gasteiger partial charge in [0.05, 0.1) is 5.03 Å². The van der Waals surface area contributed by atoms with E-state index >= 15 is 0 Å². The van der Waals surface area contributed by atoms with E-state index in [-0.39, 0.29) is 0 Å². The van der Waals surface area contributed by atoms with Gasteiger partial charge in [-0.05, 0) is 42.6 Å². The number of rotatable bonds is 2. The largest absolute Gasteiger partial charge is 0.377 e. The average Bonchev–Trinajstić information content (AvgIpc) is 3.15. The first-order valence-electron chi connectivity index (χ1n) is 9.36. The lowest BCUT2D eigenvalue weighted by atomic mass is 9.71. The molecule has 3 aliphatic rings. The average molecular weight is 336 g/mol. The second kappa shape index (κ2) is 7.01. The fourth-order valence-corrected chi connectivity index (χ4v) is 4.25. The fraction of sp³-hybridized carbons (Fsp3) is 0.750. The van der Waals surface area contributed by atoms with E-state index in [0.717, 1.165) is 17.9 Å². The summed E-state index contributed by atoms with van der Waals surface area (Å²) in [5, 5.41) is 1.03. The predicted octanol–water partition coefficient (Wildman–Crippen LogP) is 4.79. The SMILES string of the molecule is CC(C)(C)C1CC(C=[N+]2CCCC2)=C(Cl)/C(=C/N2CCCC2)C1. The summed E-state index contributed by atoms with van der Waals surface area (Å²) in [6, 6.07) is 0. The highest BCUT2D eigenvalue weighted by atomic mass is 35.5. The summed E-state index contributed by atoms with van der Waals surface area (Å²) < 4.78 is 2.47. The standard InChI is InChI=1S/C20H32ClN2/c1-20(2,3)18-12-16(14-22-8-4-5-9-22)19(21)17(13-18)15-23-10-6-7-11-23/h14-15,18H,4-13H2,1-3H3/q+1. The quantitative estimate of drug-likeness (QED) is 0.657. The molecule has 0 spiro atoms. The van der Waals surface area contributed by atoms with E-state index in [2.05, 4.69) is 42.7 Å². The van der Waals surface area contributed by atoms with Crippen molar-refractivity contribution in [1.29, 1.82) is 0 Å². The molecule has 1 aliphatic carbocycles. The first-order chi connectivity index (χ1) is 10.9. The van der Waals surface area contributed by atoms with Crippen molar-refractivity contribution >= 4 is 17.8 Å². The van der Waals surface area contributed by atoms with Gasteiger partial charge in [0.2, 0.25) is 0 Å². The molecule has 0 N–H and O–H groups in total. The van der Waals surface area contributed by atoms with Crippen LogP contribution in [0.25, 0.3) is 0 Å². The molecule has 0 aromatic rings. The molecule has 3 heteroatoms. The minimum atomic E-state index is 0.325. The van der Waals surface area contributed by atoms with Gasteiger partial charge in [0, 0.05) is 37.7 Å². The van der Waals surface area contributed by atoms with Crippen LogP contribution in [0.2, 0.25) is 0 Å². The van der Waals surface area contributed by atoms with Gasteiger partial charge in [-0.25, -0.2) is 4.58 Å². The van der Waals surface area contributed by atoms with Crippen molar-refractivity contribution in [3.05, 3.63) is 22.4 Å². The molecule has 0 amide bonds. The van der Waals surface area contributed by atoms with Crippen LogP contribution in [-0.2, 0) is 0 Å². The van der Waals surface area contributed by atoms with Crippen LogP contribution in [0.4, 0.5) is 0 Å². The first-order valence-corrected chi connectivity index (χ1v) is 9.74. The number of likely N-dealkylation sites (tertiary alicyclic amines) is 1. The number of nitrogens with zero attached hydrogens (tertiary/aromatic N) is 2. The van der Waals surface area contributed by atoms with Gasteiger partial charge in [0.15, 0.2) is 6.21 Å². The molecule has 0 bridgehead atoms. The molecular weight excluding hydrogens is 304 g/mol. The summed E-state index contributed by atoms with van der Waals surface area (Å²) in [6.45, 7) is 11.9. The molecule has 23 heavy (non-hydrogen) atoms. The van der Waals surface area contributed by atoms with E-state index < -0.39 is 0 Å². The fourth-order valence-electron chi connectivity index (χ4n) is 4.00. The maximum atomic E-state index is 6.85. The van der Waals surface area contributed by atoms with Gasteiger partial charge in [-0.15, -0.1) is 0 Å². The molecule has 2 nitrogen and oxygen atoms in total. The zero-order chi connectivity index (χ0) is 16.4. The third kappa shape index (κ3) is 4.21. The summed E-state index contributed by atoms with van der Waals surface area (Å²) in [6.07, 6.45) is 12.3. The number of halogens is 1. The van der Waals surface area contributed by atoms with Crippen LogP contribution in [-0.4, -0.2) is 41.9 Å². The van der Waals surface area contributed by atoms with Crippen molar-refractivity contribution in [3.8, 4) is 0 Å². The maximum absolute atomic E-state index is 6.85. The Hall–Kier alpha value is -0.760. The Kier molecular flexibility index (Phi) is 5.20. The second-order valence-electron chi connectivity index (χ2n) is 8.58. The van der Waals surface area contributed by atoms with Crippen molar-refractivity contribution in [1.82, 2.24) is 4.90 Å². The third-order valence-electron chi connectivity index (χ3n) is 5.68. The van der Waals surface area contributed by atoms with Crippen molar-refractivity contribution in [2.75, 3.05) is 26.2 Å². The number of hydrogen-bond acceptors (Lipinski definition) is 1. The van der Waals surface area contributed by atoms with Crippen LogP contribution in [0.3, 0.4) is 0 Å². The van der Waals surface area contributed by atoms with Crippen LogP contribution in [0, 0.1) is 11.3 Å². The van der Waals surface area contributed by atoms with Crippen LogP contribution < -0.4 is 0 Å². The Morgan fingerprint density at radius 3 is 2.30 bits per heavy atom. The monoisotopic (exact) mass is 335 g/mol. The topological polar surface area (TPSA) is 6.25 Å². The minimum Gasteiger partial charge on any atom is -0.377 e. The van der Waals surface area contributed by atoms with Crippen molar-refractivity contribution < 1.29 is 4.58 Å². The molecule has 128 valence electrons. The van der Waals surface area contributed by atoms with Crippen LogP contribution in [0.15, 0.2) is 22.4 Å². The van der Waals surface area contributed by atoms with Gasteiger partial charge in [0.25, 0.3) is 0 Å². The summed E-state index contributed by atoms with van der Waals surface area (Å²) in [5.74, 6) is 0.674. The highest BCUT2D eigenvalue weighted by Crippen LogP contribution is 2.43. The smallest absolute Gasteiger partial charge is 0.168 e. The Morgan fingerprint density at radius 2 is 1.70 bits per heavy atom. The van der Waals surface area contributed by atoms with Gasteiger partial charge in [-0.2, -0.15) is 0 Å². The Bertz CT molecular complexity index is 522.